The topological polar surface area (TPSA) is 50.4 Å². The zero-order chi connectivity index (χ0) is 16.9. The lowest BCUT2D eigenvalue weighted by molar-refractivity contribution is -0.138. The Balaban J connectivity index is 1.35. The van der Waals surface area contributed by atoms with Gasteiger partial charge in [0.2, 0.25) is 0 Å². The summed E-state index contributed by atoms with van der Waals surface area (Å²) in [5.41, 5.74) is -0.347. The Kier molecular flexibility index (Phi) is 3.71. The van der Waals surface area contributed by atoms with Gasteiger partial charge < -0.3 is 15.4 Å². The molecule has 0 radical (unpaired) electrons. The molecular formula is C17H19F3N2O2. The highest BCUT2D eigenvalue weighted by Gasteiger charge is 2.46. The molecule has 0 aromatic heterocycles. The SMILES string of the molecule is O=C(N[C@@H]1C[C@@H]1c1ccccc1C(F)(F)F)N[C@@H]1C[C@H]2CC[C@H]1O2. The van der Waals surface area contributed by atoms with E-state index in [9.17, 15) is 18.0 Å². The molecule has 1 aliphatic carbocycles. The van der Waals surface area contributed by atoms with Crippen LogP contribution in [0.5, 0.6) is 0 Å². The van der Waals surface area contributed by atoms with Crippen LogP contribution in [0.15, 0.2) is 24.3 Å². The number of ether oxygens (including phenoxy) is 1. The number of nitrogens with one attached hydrogen (secondary N) is 2. The van der Waals surface area contributed by atoms with Crippen molar-refractivity contribution in [1.82, 2.24) is 10.6 Å². The van der Waals surface area contributed by atoms with Crippen LogP contribution < -0.4 is 10.6 Å². The first-order valence-electron chi connectivity index (χ1n) is 8.30. The number of halogens is 3. The molecule has 1 aromatic rings. The van der Waals surface area contributed by atoms with Crippen LogP contribution in [0.1, 0.15) is 42.7 Å². The Morgan fingerprint density at radius 1 is 1.08 bits per heavy atom. The Morgan fingerprint density at radius 2 is 1.83 bits per heavy atom. The van der Waals surface area contributed by atoms with Crippen molar-refractivity contribution in [2.24, 2.45) is 0 Å². The Labute approximate surface area is 137 Å². The summed E-state index contributed by atoms with van der Waals surface area (Å²) in [4.78, 5) is 12.1. The van der Waals surface area contributed by atoms with Crippen molar-refractivity contribution in [3.8, 4) is 0 Å². The number of amides is 2. The van der Waals surface area contributed by atoms with Gasteiger partial charge in [-0.3, -0.25) is 0 Å². The van der Waals surface area contributed by atoms with E-state index in [0.717, 1.165) is 25.3 Å². The molecule has 5 atom stereocenters. The van der Waals surface area contributed by atoms with E-state index in [0.29, 0.717) is 6.42 Å². The lowest BCUT2D eigenvalue weighted by atomic mass is 9.96. The average Bonchev–Trinajstić information content (AvgIpc) is 2.96. The number of fused-ring (bicyclic) bond motifs is 2. The molecule has 1 aromatic carbocycles. The number of carbonyl (C=O) groups excluding carboxylic acids is 1. The van der Waals surface area contributed by atoms with Gasteiger partial charge >= 0.3 is 12.2 Å². The summed E-state index contributed by atoms with van der Waals surface area (Å²) in [6.07, 6.45) is -0.679. The molecule has 4 nitrogen and oxygen atoms in total. The van der Waals surface area contributed by atoms with E-state index < -0.39 is 11.7 Å². The molecule has 2 amide bonds. The van der Waals surface area contributed by atoms with Crippen molar-refractivity contribution in [2.75, 3.05) is 0 Å². The van der Waals surface area contributed by atoms with Gasteiger partial charge in [0.05, 0.1) is 23.8 Å². The summed E-state index contributed by atoms with van der Waals surface area (Å²) in [5.74, 6) is -0.273. The van der Waals surface area contributed by atoms with Gasteiger partial charge in [0.15, 0.2) is 0 Å². The standard InChI is InChI=1S/C17H19F3N2O2/c18-17(19,20)12-4-2-1-3-10(12)11-8-13(11)21-16(23)22-14-7-9-5-6-15(14)24-9/h1-4,9,11,13-15H,5-8H2,(H2,21,22,23)/t9-,11-,13-,14-,15-/m1/s1. The van der Waals surface area contributed by atoms with E-state index in [1.807, 2.05) is 0 Å². The van der Waals surface area contributed by atoms with E-state index in [4.69, 9.17) is 4.74 Å². The highest BCUT2D eigenvalue weighted by Crippen LogP contribution is 2.46. The minimum absolute atomic E-state index is 0.0170. The molecule has 24 heavy (non-hydrogen) atoms. The fourth-order valence-corrected chi connectivity index (χ4v) is 3.94. The molecule has 130 valence electrons. The van der Waals surface area contributed by atoms with Crippen molar-refractivity contribution in [1.29, 1.82) is 0 Å². The maximum Gasteiger partial charge on any atom is 0.416 e. The van der Waals surface area contributed by atoms with Crippen LogP contribution in [0.4, 0.5) is 18.0 Å². The summed E-state index contributed by atoms with van der Waals surface area (Å²) >= 11 is 0. The molecule has 2 bridgehead atoms. The first-order chi connectivity index (χ1) is 11.4. The molecule has 2 saturated heterocycles. The Morgan fingerprint density at radius 3 is 2.50 bits per heavy atom. The minimum Gasteiger partial charge on any atom is -0.373 e. The first-order valence-corrected chi connectivity index (χ1v) is 8.30. The van der Waals surface area contributed by atoms with Crippen LogP contribution in [0.2, 0.25) is 0 Å². The number of hydrogen-bond donors (Lipinski definition) is 2. The Bertz CT molecular complexity index is 649. The van der Waals surface area contributed by atoms with Gasteiger partial charge in [0.1, 0.15) is 0 Å². The van der Waals surface area contributed by atoms with Crippen molar-refractivity contribution in [2.45, 2.75) is 62.1 Å². The van der Waals surface area contributed by atoms with Crippen LogP contribution in [0.3, 0.4) is 0 Å². The van der Waals surface area contributed by atoms with Gasteiger partial charge in [-0.2, -0.15) is 13.2 Å². The second kappa shape index (κ2) is 5.65. The number of hydrogen-bond acceptors (Lipinski definition) is 2. The van der Waals surface area contributed by atoms with E-state index in [1.165, 1.54) is 12.1 Å². The van der Waals surface area contributed by atoms with Crippen LogP contribution in [-0.4, -0.2) is 30.3 Å². The number of urea groups is 1. The molecule has 3 fully saturated rings. The normalized spacial score (nSPS) is 34.2. The molecule has 2 N–H and O–H groups in total. The van der Waals surface area contributed by atoms with E-state index in [1.54, 1.807) is 6.07 Å². The largest absolute Gasteiger partial charge is 0.416 e. The maximum atomic E-state index is 13.1. The van der Waals surface area contributed by atoms with Crippen molar-refractivity contribution in [3.05, 3.63) is 35.4 Å². The summed E-state index contributed by atoms with van der Waals surface area (Å²) in [7, 11) is 0. The lowest BCUT2D eigenvalue weighted by Gasteiger charge is -2.20. The summed E-state index contributed by atoms with van der Waals surface area (Å²) in [6.45, 7) is 0. The van der Waals surface area contributed by atoms with Crippen LogP contribution >= 0.6 is 0 Å². The van der Waals surface area contributed by atoms with Crippen LogP contribution in [0, 0.1) is 0 Å². The lowest BCUT2D eigenvalue weighted by Crippen LogP contribution is -2.47. The van der Waals surface area contributed by atoms with Gasteiger partial charge in [-0.15, -0.1) is 0 Å². The van der Waals surface area contributed by atoms with Gasteiger partial charge in [0, 0.05) is 12.0 Å². The van der Waals surface area contributed by atoms with Gasteiger partial charge in [0.25, 0.3) is 0 Å². The highest BCUT2D eigenvalue weighted by molar-refractivity contribution is 5.75. The number of alkyl halides is 3. The van der Waals surface area contributed by atoms with E-state index in [-0.39, 0.29) is 41.8 Å². The zero-order valence-electron chi connectivity index (χ0n) is 13.0. The quantitative estimate of drug-likeness (QED) is 0.888. The summed E-state index contributed by atoms with van der Waals surface area (Å²) in [6, 6.07) is 5.05. The maximum absolute atomic E-state index is 13.1. The number of benzene rings is 1. The van der Waals surface area contributed by atoms with Crippen LogP contribution in [-0.2, 0) is 10.9 Å². The molecule has 0 unspecified atom stereocenters. The smallest absolute Gasteiger partial charge is 0.373 e. The Hall–Kier alpha value is -1.76. The zero-order valence-corrected chi connectivity index (χ0v) is 13.0. The van der Waals surface area contributed by atoms with Gasteiger partial charge in [-0.1, -0.05) is 18.2 Å². The van der Waals surface area contributed by atoms with Gasteiger partial charge in [-0.25, -0.2) is 4.79 Å². The molecule has 1 saturated carbocycles. The minimum atomic E-state index is -4.37. The third-order valence-electron chi connectivity index (χ3n) is 5.20. The van der Waals surface area contributed by atoms with E-state index >= 15 is 0 Å². The second-order valence-corrected chi connectivity index (χ2v) is 6.87. The molecule has 7 heteroatoms. The monoisotopic (exact) mass is 340 g/mol. The van der Waals surface area contributed by atoms with E-state index in [2.05, 4.69) is 10.6 Å². The molecule has 2 aliphatic heterocycles. The number of carbonyl (C=O) groups is 1. The van der Waals surface area contributed by atoms with Crippen molar-refractivity contribution >= 4 is 6.03 Å². The molecule has 0 spiro atoms. The van der Waals surface area contributed by atoms with Gasteiger partial charge in [-0.05, 0) is 37.3 Å². The summed E-state index contributed by atoms with van der Waals surface area (Å²) < 4.78 is 44.9. The predicted octanol–water partition coefficient (Wildman–Crippen LogP) is 3.18. The molecular weight excluding hydrogens is 321 g/mol. The third-order valence-corrected chi connectivity index (χ3v) is 5.20. The van der Waals surface area contributed by atoms with Crippen LogP contribution in [0.25, 0.3) is 0 Å². The molecule has 2 heterocycles. The highest BCUT2D eigenvalue weighted by atomic mass is 19.4. The third kappa shape index (κ3) is 2.97. The summed E-state index contributed by atoms with van der Waals surface area (Å²) in [5, 5.41) is 5.70. The molecule has 4 rings (SSSR count). The first kappa shape index (κ1) is 15.7. The predicted molar refractivity (Wildman–Crippen MR) is 80.6 cm³/mol. The molecule has 3 aliphatic rings. The fourth-order valence-electron chi connectivity index (χ4n) is 3.94. The number of rotatable bonds is 3. The fraction of sp³-hybridized carbons (Fsp3) is 0.588. The average molecular weight is 340 g/mol. The van der Waals surface area contributed by atoms with Crippen molar-refractivity contribution in [3.63, 3.8) is 0 Å². The van der Waals surface area contributed by atoms with Crippen molar-refractivity contribution < 1.29 is 22.7 Å². The second-order valence-electron chi connectivity index (χ2n) is 6.87.